The van der Waals surface area contributed by atoms with E-state index in [9.17, 15) is 19.5 Å². The molecule has 3 rings (SSSR count). The number of benzene rings is 1. The van der Waals surface area contributed by atoms with Gasteiger partial charge in [-0.05, 0) is 19.3 Å². The molecule has 32 heavy (non-hydrogen) atoms. The number of nitrogens with zero attached hydrogens (tertiary/aromatic N) is 1. The van der Waals surface area contributed by atoms with E-state index in [1.807, 2.05) is 6.92 Å². The predicted octanol–water partition coefficient (Wildman–Crippen LogP) is 2.34. The molecule has 1 aromatic carbocycles. The van der Waals surface area contributed by atoms with Gasteiger partial charge in [0.2, 0.25) is 0 Å². The van der Waals surface area contributed by atoms with Gasteiger partial charge < -0.3 is 30.0 Å². The summed E-state index contributed by atoms with van der Waals surface area (Å²) in [5, 5.41) is 22.2. The zero-order chi connectivity index (χ0) is 23.1. The number of anilines is 1. The number of hydrogen-bond acceptors (Lipinski definition) is 8. The number of ether oxygens (including phenoxy) is 3. The number of H-pyrrole nitrogens is 1. The molecule has 172 valence electrons. The highest BCUT2D eigenvalue weighted by Gasteiger charge is 2.33. The molecule has 0 saturated heterocycles. The summed E-state index contributed by atoms with van der Waals surface area (Å²) in [6.45, 7) is 1.93. The average Bonchev–Trinajstić information content (AvgIpc) is 3.20. The summed E-state index contributed by atoms with van der Waals surface area (Å²) in [5.74, 6) is 0.0347. The van der Waals surface area contributed by atoms with Crippen LogP contribution in [-0.2, 0) is 9.53 Å². The number of rotatable bonds is 10. The summed E-state index contributed by atoms with van der Waals surface area (Å²) in [5.41, 5.74) is 0.773. The van der Waals surface area contributed by atoms with Crippen LogP contribution in [0.1, 0.15) is 48.2 Å². The predicted molar refractivity (Wildman–Crippen MR) is 113 cm³/mol. The van der Waals surface area contributed by atoms with Crippen molar-refractivity contribution in [3.63, 3.8) is 0 Å². The number of aromatic hydroxyl groups is 1. The van der Waals surface area contributed by atoms with Gasteiger partial charge in [-0.15, -0.1) is 0 Å². The number of carbonyl (C=O) groups excluding carboxylic acids is 3. The minimum absolute atomic E-state index is 0.0280. The molecule has 0 atom stereocenters. The topological polar surface area (TPSA) is 152 Å². The number of alkyl carbamates (subject to hydrolysis) is 1. The van der Waals surface area contributed by atoms with Crippen LogP contribution in [0.3, 0.4) is 0 Å². The van der Waals surface area contributed by atoms with E-state index < -0.39 is 18.6 Å². The lowest BCUT2D eigenvalue weighted by Gasteiger charge is -2.34. The maximum atomic E-state index is 12.2. The number of phenolic OH excluding ortho intramolecular Hbond substituents is 1. The van der Waals surface area contributed by atoms with E-state index in [0.717, 1.165) is 25.0 Å². The van der Waals surface area contributed by atoms with Gasteiger partial charge in [-0.25, -0.2) is 4.79 Å². The number of aromatic amines is 1. The second kappa shape index (κ2) is 10.5. The van der Waals surface area contributed by atoms with Gasteiger partial charge in [0.15, 0.2) is 18.7 Å². The van der Waals surface area contributed by atoms with Crippen molar-refractivity contribution in [3.8, 4) is 17.2 Å². The SMILES string of the molecule is CCCOC(=O)NC1CC(c2cc(NC(=O)COc3cc(OC)cc(O)c3C=O)n[nH]2)C1. The Morgan fingerprint density at radius 3 is 2.78 bits per heavy atom. The zero-order valence-corrected chi connectivity index (χ0v) is 17.8. The van der Waals surface area contributed by atoms with Crippen LogP contribution in [0.5, 0.6) is 17.2 Å². The normalized spacial score (nSPS) is 17.1. The number of aldehydes is 1. The third kappa shape index (κ3) is 5.68. The molecule has 1 heterocycles. The van der Waals surface area contributed by atoms with E-state index in [0.29, 0.717) is 18.7 Å². The first-order valence-electron chi connectivity index (χ1n) is 10.2. The van der Waals surface area contributed by atoms with Gasteiger partial charge in [0.05, 0.1) is 19.3 Å². The maximum absolute atomic E-state index is 12.2. The largest absolute Gasteiger partial charge is 0.507 e. The van der Waals surface area contributed by atoms with Crippen LogP contribution >= 0.6 is 0 Å². The van der Waals surface area contributed by atoms with Crippen molar-refractivity contribution in [2.45, 2.75) is 38.1 Å². The quantitative estimate of drug-likeness (QED) is 0.406. The summed E-state index contributed by atoms with van der Waals surface area (Å²) in [6.07, 6.45) is 2.29. The minimum atomic E-state index is -0.492. The molecule has 2 aromatic rings. The average molecular weight is 446 g/mol. The number of methoxy groups -OCH3 is 1. The fourth-order valence-electron chi connectivity index (χ4n) is 3.27. The molecule has 0 radical (unpaired) electrons. The van der Waals surface area contributed by atoms with Crippen molar-refractivity contribution in [1.82, 2.24) is 15.5 Å². The number of hydrogen-bond donors (Lipinski definition) is 4. The van der Waals surface area contributed by atoms with E-state index in [1.54, 1.807) is 6.07 Å². The standard InChI is InChI=1S/C21H26N4O7/c1-3-4-31-21(29)22-13-5-12(6-13)16-9-19(25-24-16)23-20(28)11-32-18-8-14(30-2)7-17(27)15(18)10-26/h7-10,12-13,27H,3-6,11H2,1-2H3,(H,22,29)(H2,23,24,25,28). The number of phenols is 1. The van der Waals surface area contributed by atoms with E-state index in [4.69, 9.17) is 14.2 Å². The fraction of sp³-hybridized carbons (Fsp3) is 0.429. The van der Waals surface area contributed by atoms with E-state index in [-0.39, 0.29) is 34.8 Å². The molecule has 0 bridgehead atoms. The minimum Gasteiger partial charge on any atom is -0.507 e. The molecule has 0 unspecified atom stereocenters. The first-order chi connectivity index (χ1) is 15.4. The van der Waals surface area contributed by atoms with Gasteiger partial charge in [0, 0.05) is 35.9 Å². The lowest BCUT2D eigenvalue weighted by Crippen LogP contribution is -2.43. The monoisotopic (exact) mass is 446 g/mol. The van der Waals surface area contributed by atoms with Crippen molar-refractivity contribution in [1.29, 1.82) is 0 Å². The molecule has 4 N–H and O–H groups in total. The molecule has 0 aliphatic heterocycles. The Morgan fingerprint density at radius 1 is 1.31 bits per heavy atom. The Kier molecular flexibility index (Phi) is 7.53. The lowest BCUT2D eigenvalue weighted by molar-refractivity contribution is -0.118. The molecule has 1 aliphatic rings. The van der Waals surface area contributed by atoms with Crippen molar-refractivity contribution in [2.75, 3.05) is 25.6 Å². The number of amides is 2. The third-order valence-corrected chi connectivity index (χ3v) is 5.01. The van der Waals surface area contributed by atoms with Crippen LogP contribution in [0.2, 0.25) is 0 Å². The Balaban J connectivity index is 1.47. The van der Waals surface area contributed by atoms with E-state index >= 15 is 0 Å². The van der Waals surface area contributed by atoms with Crippen LogP contribution in [0.4, 0.5) is 10.6 Å². The van der Waals surface area contributed by atoms with Crippen molar-refractivity contribution >= 4 is 24.1 Å². The second-order valence-electron chi connectivity index (χ2n) is 7.37. The third-order valence-electron chi connectivity index (χ3n) is 5.01. The van der Waals surface area contributed by atoms with Gasteiger partial charge in [0.25, 0.3) is 5.91 Å². The molecule has 1 saturated carbocycles. The molecule has 0 spiro atoms. The molecule has 1 aromatic heterocycles. The van der Waals surface area contributed by atoms with Crippen LogP contribution in [0.25, 0.3) is 0 Å². The summed E-state index contributed by atoms with van der Waals surface area (Å²) < 4.78 is 15.4. The molecular formula is C21H26N4O7. The first-order valence-corrected chi connectivity index (χ1v) is 10.2. The van der Waals surface area contributed by atoms with Crippen LogP contribution < -0.4 is 20.1 Å². The number of aromatic nitrogens is 2. The highest BCUT2D eigenvalue weighted by atomic mass is 16.5. The van der Waals surface area contributed by atoms with Crippen molar-refractivity contribution in [2.24, 2.45) is 0 Å². The van der Waals surface area contributed by atoms with E-state index in [2.05, 4.69) is 20.8 Å². The Bertz CT molecular complexity index is 969. The Morgan fingerprint density at radius 2 is 2.09 bits per heavy atom. The van der Waals surface area contributed by atoms with Gasteiger partial charge in [-0.2, -0.15) is 5.10 Å². The summed E-state index contributed by atoms with van der Waals surface area (Å²) >= 11 is 0. The zero-order valence-electron chi connectivity index (χ0n) is 17.8. The molecule has 11 heteroatoms. The number of nitrogens with one attached hydrogen (secondary N) is 3. The van der Waals surface area contributed by atoms with Crippen molar-refractivity contribution in [3.05, 3.63) is 29.5 Å². The second-order valence-corrected chi connectivity index (χ2v) is 7.37. The summed E-state index contributed by atoms with van der Waals surface area (Å²) in [6, 6.07) is 4.45. The van der Waals surface area contributed by atoms with Gasteiger partial charge in [-0.3, -0.25) is 14.7 Å². The van der Waals surface area contributed by atoms with Crippen LogP contribution in [0, 0.1) is 0 Å². The van der Waals surface area contributed by atoms with Crippen LogP contribution in [-0.4, -0.2) is 60.0 Å². The summed E-state index contributed by atoms with van der Waals surface area (Å²) in [7, 11) is 1.40. The Labute approximate surface area is 184 Å². The van der Waals surface area contributed by atoms with Gasteiger partial charge >= 0.3 is 6.09 Å². The lowest BCUT2D eigenvalue weighted by atomic mass is 9.78. The highest BCUT2D eigenvalue weighted by Crippen LogP contribution is 2.36. The van der Waals surface area contributed by atoms with Gasteiger partial charge in [-0.1, -0.05) is 6.92 Å². The highest BCUT2D eigenvalue weighted by molar-refractivity contribution is 5.91. The molecule has 1 aliphatic carbocycles. The molecule has 2 amide bonds. The van der Waals surface area contributed by atoms with E-state index in [1.165, 1.54) is 19.2 Å². The fourth-order valence-corrected chi connectivity index (χ4v) is 3.27. The van der Waals surface area contributed by atoms with Crippen LogP contribution in [0.15, 0.2) is 18.2 Å². The van der Waals surface area contributed by atoms with Crippen molar-refractivity contribution < 1.29 is 33.7 Å². The first kappa shape index (κ1) is 22.9. The Hall–Kier alpha value is -3.76. The molecule has 11 nitrogen and oxygen atoms in total. The summed E-state index contributed by atoms with van der Waals surface area (Å²) in [4.78, 5) is 35.0. The molecule has 1 fully saturated rings. The molecular weight excluding hydrogens is 420 g/mol. The maximum Gasteiger partial charge on any atom is 0.407 e. The smallest absolute Gasteiger partial charge is 0.407 e. The van der Waals surface area contributed by atoms with Gasteiger partial charge in [0.1, 0.15) is 17.2 Å². The number of carbonyl (C=O) groups is 3.